The van der Waals surface area contributed by atoms with E-state index >= 15 is 0 Å². The van der Waals surface area contributed by atoms with Crippen LogP contribution in [-0.2, 0) is 11.2 Å². The van der Waals surface area contributed by atoms with Crippen LogP contribution in [0.4, 0.5) is 4.39 Å². The Morgan fingerprint density at radius 1 is 1.42 bits per heavy atom. The molecular formula is C15H21BrFNO. The number of halogens is 2. The van der Waals surface area contributed by atoms with Crippen molar-refractivity contribution in [1.29, 1.82) is 0 Å². The van der Waals surface area contributed by atoms with E-state index in [9.17, 15) is 4.39 Å². The zero-order valence-electron chi connectivity index (χ0n) is 11.3. The third-order valence-electron chi connectivity index (χ3n) is 4.01. The van der Waals surface area contributed by atoms with Crippen molar-refractivity contribution in [2.24, 2.45) is 5.73 Å². The summed E-state index contributed by atoms with van der Waals surface area (Å²) in [5.41, 5.74) is 7.25. The lowest BCUT2D eigenvalue weighted by Gasteiger charge is -2.35. The molecule has 19 heavy (non-hydrogen) atoms. The summed E-state index contributed by atoms with van der Waals surface area (Å²) in [5, 5.41) is 0. The Morgan fingerprint density at radius 2 is 2.11 bits per heavy atom. The molecule has 0 aliphatic heterocycles. The summed E-state index contributed by atoms with van der Waals surface area (Å²) in [6, 6.07) is 4.73. The first-order chi connectivity index (χ1) is 9.07. The van der Waals surface area contributed by atoms with E-state index in [4.69, 9.17) is 10.5 Å². The maximum absolute atomic E-state index is 13.1. The Balaban J connectivity index is 2.12. The lowest BCUT2D eigenvalue weighted by molar-refractivity contribution is -0.0525. The quantitative estimate of drug-likeness (QED) is 0.891. The van der Waals surface area contributed by atoms with Crippen molar-refractivity contribution < 1.29 is 9.13 Å². The van der Waals surface area contributed by atoms with Crippen LogP contribution in [0.1, 0.15) is 38.2 Å². The fourth-order valence-corrected chi connectivity index (χ4v) is 3.51. The van der Waals surface area contributed by atoms with Crippen LogP contribution in [-0.4, -0.2) is 18.2 Å². The van der Waals surface area contributed by atoms with Crippen molar-refractivity contribution >= 4 is 15.9 Å². The number of nitrogens with two attached hydrogens (primary N) is 1. The van der Waals surface area contributed by atoms with Crippen LogP contribution >= 0.6 is 15.9 Å². The van der Waals surface area contributed by atoms with E-state index in [-0.39, 0.29) is 17.5 Å². The van der Waals surface area contributed by atoms with E-state index in [1.807, 2.05) is 6.92 Å². The first kappa shape index (κ1) is 14.9. The van der Waals surface area contributed by atoms with Crippen LogP contribution in [0.2, 0.25) is 0 Å². The zero-order valence-corrected chi connectivity index (χ0v) is 12.9. The smallest absolute Gasteiger partial charge is 0.124 e. The molecule has 1 saturated carbocycles. The van der Waals surface area contributed by atoms with Gasteiger partial charge in [0.25, 0.3) is 0 Å². The number of ether oxygens (including phenoxy) is 1. The van der Waals surface area contributed by atoms with Gasteiger partial charge < -0.3 is 10.5 Å². The normalized spacial score (nSPS) is 19.6. The average Bonchev–Trinajstić information content (AvgIpc) is 2.83. The van der Waals surface area contributed by atoms with Crippen molar-refractivity contribution in [3.05, 3.63) is 34.1 Å². The lowest BCUT2D eigenvalue weighted by Crippen LogP contribution is -2.49. The molecule has 2 nitrogen and oxygen atoms in total. The summed E-state index contributed by atoms with van der Waals surface area (Å²) in [7, 11) is 0. The molecule has 1 aromatic rings. The van der Waals surface area contributed by atoms with Crippen molar-refractivity contribution in [3.63, 3.8) is 0 Å². The molecule has 1 aromatic carbocycles. The van der Waals surface area contributed by atoms with Gasteiger partial charge in [-0.3, -0.25) is 0 Å². The highest BCUT2D eigenvalue weighted by atomic mass is 79.9. The van der Waals surface area contributed by atoms with Crippen LogP contribution in [0.3, 0.4) is 0 Å². The minimum absolute atomic E-state index is 0.0447. The first-order valence-corrected chi connectivity index (χ1v) is 7.70. The summed E-state index contributed by atoms with van der Waals surface area (Å²) in [6.07, 6.45) is 5.12. The van der Waals surface area contributed by atoms with Gasteiger partial charge in [0, 0.05) is 17.1 Å². The van der Waals surface area contributed by atoms with Gasteiger partial charge in [0.05, 0.1) is 5.60 Å². The molecule has 4 heteroatoms. The Morgan fingerprint density at radius 3 is 2.68 bits per heavy atom. The van der Waals surface area contributed by atoms with Crippen molar-refractivity contribution in [2.45, 2.75) is 50.7 Å². The molecule has 1 fully saturated rings. The van der Waals surface area contributed by atoms with Gasteiger partial charge in [-0.2, -0.15) is 0 Å². The van der Waals surface area contributed by atoms with Gasteiger partial charge in [-0.05, 0) is 43.9 Å². The molecule has 1 aliphatic rings. The van der Waals surface area contributed by atoms with Gasteiger partial charge in [0.1, 0.15) is 5.82 Å². The van der Waals surface area contributed by atoms with Gasteiger partial charge in [0.2, 0.25) is 0 Å². The molecule has 106 valence electrons. The Kier molecular flexibility index (Phi) is 4.98. The van der Waals surface area contributed by atoms with Gasteiger partial charge >= 0.3 is 0 Å². The Labute approximate surface area is 122 Å². The van der Waals surface area contributed by atoms with Crippen LogP contribution < -0.4 is 5.73 Å². The predicted molar refractivity (Wildman–Crippen MR) is 78.6 cm³/mol. The molecule has 1 aliphatic carbocycles. The van der Waals surface area contributed by atoms with E-state index < -0.39 is 0 Å². The molecule has 1 unspecified atom stereocenters. The Bertz CT molecular complexity index is 432. The van der Waals surface area contributed by atoms with E-state index in [0.717, 1.165) is 22.9 Å². The molecule has 2 N–H and O–H groups in total. The lowest BCUT2D eigenvalue weighted by atomic mass is 9.88. The fraction of sp³-hybridized carbons (Fsp3) is 0.600. The third-order valence-corrected chi connectivity index (χ3v) is 4.75. The zero-order chi connectivity index (χ0) is 13.9. The second-order valence-corrected chi connectivity index (χ2v) is 6.11. The van der Waals surface area contributed by atoms with Crippen molar-refractivity contribution in [1.82, 2.24) is 0 Å². The average molecular weight is 330 g/mol. The Hall–Kier alpha value is -0.450. The molecule has 0 bridgehead atoms. The number of benzene rings is 1. The monoisotopic (exact) mass is 329 g/mol. The molecule has 0 aromatic heterocycles. The molecular weight excluding hydrogens is 309 g/mol. The molecule has 0 amide bonds. The molecule has 1 atom stereocenters. The number of hydrogen-bond acceptors (Lipinski definition) is 2. The second kappa shape index (κ2) is 6.33. The third kappa shape index (κ3) is 3.36. The van der Waals surface area contributed by atoms with Crippen LogP contribution in [0, 0.1) is 5.82 Å². The van der Waals surface area contributed by atoms with Crippen LogP contribution in [0.5, 0.6) is 0 Å². The highest BCUT2D eigenvalue weighted by Gasteiger charge is 2.40. The van der Waals surface area contributed by atoms with Crippen molar-refractivity contribution in [3.8, 4) is 0 Å². The van der Waals surface area contributed by atoms with E-state index in [1.54, 1.807) is 6.07 Å². The minimum atomic E-state index is -0.232. The number of hydrogen-bond donors (Lipinski definition) is 1. The summed E-state index contributed by atoms with van der Waals surface area (Å²) in [5.74, 6) is -0.232. The maximum Gasteiger partial charge on any atom is 0.124 e. The van der Waals surface area contributed by atoms with Gasteiger partial charge in [-0.25, -0.2) is 4.39 Å². The summed E-state index contributed by atoms with van der Waals surface area (Å²) in [6.45, 7) is 2.71. The highest BCUT2D eigenvalue weighted by molar-refractivity contribution is 9.10. The summed E-state index contributed by atoms with van der Waals surface area (Å²) >= 11 is 3.40. The maximum atomic E-state index is 13.1. The van der Waals surface area contributed by atoms with E-state index in [2.05, 4.69) is 15.9 Å². The predicted octanol–water partition coefficient (Wildman–Crippen LogP) is 3.81. The second-order valence-electron chi connectivity index (χ2n) is 5.25. The van der Waals surface area contributed by atoms with Crippen molar-refractivity contribution in [2.75, 3.05) is 6.61 Å². The van der Waals surface area contributed by atoms with Crippen LogP contribution in [0.25, 0.3) is 0 Å². The molecule has 0 radical (unpaired) electrons. The highest BCUT2D eigenvalue weighted by Crippen LogP contribution is 2.37. The first-order valence-electron chi connectivity index (χ1n) is 6.91. The number of rotatable bonds is 5. The summed E-state index contributed by atoms with van der Waals surface area (Å²) < 4.78 is 19.9. The van der Waals surface area contributed by atoms with E-state index in [1.165, 1.54) is 25.0 Å². The van der Waals surface area contributed by atoms with Gasteiger partial charge in [0.15, 0.2) is 0 Å². The standard InChI is InChI=1S/C15H21BrFNO/c1-2-19-15(7-3-4-8-15)14(18)9-11-5-6-12(17)10-13(11)16/h5-6,10,14H,2-4,7-9,18H2,1H3. The van der Waals surface area contributed by atoms with E-state index in [0.29, 0.717) is 13.0 Å². The fourth-order valence-electron chi connectivity index (χ4n) is 2.99. The molecule has 0 saturated heterocycles. The minimum Gasteiger partial charge on any atom is -0.374 e. The van der Waals surface area contributed by atoms with Gasteiger partial charge in [-0.15, -0.1) is 0 Å². The molecule has 0 spiro atoms. The largest absolute Gasteiger partial charge is 0.374 e. The molecule has 2 rings (SSSR count). The topological polar surface area (TPSA) is 35.2 Å². The SMILES string of the molecule is CCOC1(C(N)Cc2ccc(F)cc2Br)CCCC1. The van der Waals surface area contributed by atoms with Crippen LogP contribution in [0.15, 0.2) is 22.7 Å². The summed E-state index contributed by atoms with van der Waals surface area (Å²) in [4.78, 5) is 0. The molecule has 0 heterocycles. The van der Waals surface area contributed by atoms with Gasteiger partial charge in [-0.1, -0.05) is 34.8 Å².